The molecule has 59 heavy (non-hydrogen) atoms. The lowest BCUT2D eigenvalue weighted by Crippen LogP contribution is -2.39. The number of unbranched alkanes of at least 4 members (excludes halogenated alkanes) is 2. The predicted octanol–water partition coefficient (Wildman–Crippen LogP) is 1.70. The normalized spacial score (nSPS) is 15.0. The molecule has 18 heteroatoms. The molecule has 0 bridgehead atoms. The summed E-state index contributed by atoms with van der Waals surface area (Å²) in [5, 5.41) is 13.6. The van der Waals surface area contributed by atoms with Crippen LogP contribution in [0.4, 0.5) is 0 Å². The van der Waals surface area contributed by atoms with E-state index in [1.54, 1.807) is 27.7 Å². The van der Waals surface area contributed by atoms with E-state index in [2.05, 4.69) is 10.6 Å². The Labute approximate surface area is 345 Å². The van der Waals surface area contributed by atoms with Crippen LogP contribution < -0.4 is 16.4 Å². The zero-order valence-electron chi connectivity index (χ0n) is 35.0. The van der Waals surface area contributed by atoms with Gasteiger partial charge in [0, 0.05) is 101 Å². The molecule has 0 aromatic rings. The van der Waals surface area contributed by atoms with E-state index in [0.717, 1.165) is 9.80 Å². The quantitative estimate of drug-likeness (QED) is 0.0714. The van der Waals surface area contributed by atoms with Crippen molar-refractivity contribution >= 4 is 70.3 Å². The van der Waals surface area contributed by atoms with Crippen LogP contribution in [0.3, 0.4) is 0 Å². The summed E-state index contributed by atoms with van der Waals surface area (Å²) >= 11 is 0. The number of hydrogen-bond acceptors (Lipinski definition) is 13. The van der Waals surface area contributed by atoms with Crippen LogP contribution in [0.5, 0.6) is 0 Å². The molecule has 0 saturated carbocycles. The zero-order chi connectivity index (χ0) is 45.2. The Balaban J connectivity index is 0.000000962. The Morgan fingerprint density at radius 3 is 1.25 bits per heavy atom. The van der Waals surface area contributed by atoms with Crippen LogP contribution in [0.15, 0.2) is 24.3 Å². The highest BCUT2D eigenvalue weighted by Gasteiger charge is 2.24. The van der Waals surface area contributed by atoms with Crippen molar-refractivity contribution in [1.29, 1.82) is 0 Å². The summed E-state index contributed by atoms with van der Waals surface area (Å²) in [7, 11) is 0. The molecule has 0 fully saturated rings. The molecule has 2 heterocycles. The molecule has 5 N–H and O–H groups in total. The van der Waals surface area contributed by atoms with Gasteiger partial charge in [0.1, 0.15) is 17.3 Å². The third-order valence-electron chi connectivity index (χ3n) is 9.27. The highest BCUT2D eigenvalue weighted by atomic mass is 16.4. The van der Waals surface area contributed by atoms with Crippen molar-refractivity contribution < 1.29 is 62.6 Å². The smallest absolute Gasteiger partial charge is 0.303 e. The number of nitrogens with two attached hydrogens (primary N) is 1. The van der Waals surface area contributed by atoms with Gasteiger partial charge < -0.3 is 21.5 Å². The van der Waals surface area contributed by atoms with E-state index in [-0.39, 0.29) is 121 Å². The highest BCUT2D eigenvalue weighted by Crippen LogP contribution is 2.10. The summed E-state index contributed by atoms with van der Waals surface area (Å²) in [6.45, 7) is 10.3. The van der Waals surface area contributed by atoms with Crippen LogP contribution in [0.2, 0.25) is 0 Å². The van der Waals surface area contributed by atoms with Crippen LogP contribution in [-0.2, 0) is 57.5 Å². The molecule has 0 aromatic heterocycles. The van der Waals surface area contributed by atoms with E-state index in [4.69, 9.17) is 10.8 Å². The average molecular weight is 832 g/mol. The molecule has 18 nitrogen and oxygen atoms in total. The maximum Gasteiger partial charge on any atom is 0.303 e. The summed E-state index contributed by atoms with van der Waals surface area (Å²) in [4.78, 5) is 138. The Kier molecular flexibility index (Phi) is 26.1. The van der Waals surface area contributed by atoms with Gasteiger partial charge in [0.15, 0.2) is 11.6 Å². The molecule has 6 amide bonds. The van der Waals surface area contributed by atoms with Crippen LogP contribution in [0.1, 0.15) is 119 Å². The number of amides is 6. The number of Topliss-reactive ketones (excluding diaryl/α,β-unsaturated/α-hetero) is 5. The fourth-order valence-electron chi connectivity index (χ4n) is 5.19. The van der Waals surface area contributed by atoms with Gasteiger partial charge in [-0.2, -0.15) is 0 Å². The van der Waals surface area contributed by atoms with Crippen molar-refractivity contribution in [1.82, 2.24) is 20.4 Å². The second-order valence-corrected chi connectivity index (χ2v) is 14.5. The monoisotopic (exact) mass is 831 g/mol. The van der Waals surface area contributed by atoms with Gasteiger partial charge in [0.2, 0.25) is 11.8 Å². The number of carbonyl (C=O) groups excluding carboxylic acids is 11. The third-order valence-corrected chi connectivity index (χ3v) is 9.27. The average Bonchev–Trinajstić information content (AvgIpc) is 3.66. The van der Waals surface area contributed by atoms with Crippen molar-refractivity contribution in [2.45, 2.75) is 131 Å². The summed E-state index contributed by atoms with van der Waals surface area (Å²) in [5.74, 6) is -3.77. The van der Waals surface area contributed by atoms with Gasteiger partial charge in [-0.15, -0.1) is 0 Å². The first-order valence-corrected chi connectivity index (χ1v) is 19.8. The van der Waals surface area contributed by atoms with Crippen molar-refractivity contribution in [3.63, 3.8) is 0 Å². The highest BCUT2D eigenvalue weighted by molar-refractivity contribution is 6.13. The lowest BCUT2D eigenvalue weighted by molar-refractivity contribution is -0.138. The van der Waals surface area contributed by atoms with Crippen LogP contribution in [-0.4, -0.2) is 117 Å². The standard InChI is InChI=1S/C21H30N2O6.C14H23NO5.C6H8N2O2/c1-14(16(3)24)13-18(26)15(2)22-19(27)9-5-4-7-17(25)8-6-12-23-20(28)10-11-21(23)29;1-9(11(3)16)8-12(17)10(2)15-13(18)6-4-5-7-14(19)20;7-3-4-8-5(9)1-2-6(8)10/h10-11,14-15H,4-9,12-13H2,1-3H3,(H,22,27);9-10H,4-8H2,1-3H3,(H,15,18)(H,19,20);1-2H,3-4,7H2/t14-,15+;9-,10+;/m11./s1. The maximum absolute atomic E-state index is 12.0. The number of ketones is 5. The number of carboxylic acid groups (broad SMARTS) is 1. The van der Waals surface area contributed by atoms with Gasteiger partial charge >= 0.3 is 5.97 Å². The largest absolute Gasteiger partial charge is 0.481 e. The lowest BCUT2D eigenvalue weighted by Gasteiger charge is -2.15. The first-order valence-electron chi connectivity index (χ1n) is 19.8. The van der Waals surface area contributed by atoms with Gasteiger partial charge in [-0.25, -0.2) is 0 Å². The first-order chi connectivity index (χ1) is 27.6. The Hall–Kier alpha value is -5.52. The number of rotatable bonds is 26. The molecule has 4 atom stereocenters. The summed E-state index contributed by atoms with van der Waals surface area (Å²) in [5.41, 5.74) is 5.16. The summed E-state index contributed by atoms with van der Waals surface area (Å²) < 4.78 is 0. The fourth-order valence-corrected chi connectivity index (χ4v) is 5.19. The van der Waals surface area contributed by atoms with Crippen molar-refractivity contribution in [2.75, 3.05) is 19.6 Å². The van der Waals surface area contributed by atoms with Crippen LogP contribution in [0, 0.1) is 11.8 Å². The van der Waals surface area contributed by atoms with Crippen molar-refractivity contribution in [3.8, 4) is 0 Å². The van der Waals surface area contributed by atoms with Gasteiger partial charge in [-0.1, -0.05) is 13.8 Å². The molecule has 2 aliphatic rings. The molecule has 0 saturated heterocycles. The molecular formula is C41H61N5O13. The second-order valence-electron chi connectivity index (χ2n) is 14.5. The molecule has 0 aromatic carbocycles. The van der Waals surface area contributed by atoms with E-state index in [0.29, 0.717) is 51.6 Å². The minimum atomic E-state index is -0.882. The molecule has 2 aliphatic heterocycles. The molecule has 328 valence electrons. The van der Waals surface area contributed by atoms with E-state index in [9.17, 15) is 57.5 Å². The van der Waals surface area contributed by atoms with Gasteiger partial charge in [-0.3, -0.25) is 67.3 Å². The van der Waals surface area contributed by atoms with E-state index in [1.807, 2.05) is 0 Å². The molecule has 0 unspecified atom stereocenters. The number of aliphatic carboxylic acids is 1. The number of imide groups is 2. The Morgan fingerprint density at radius 2 is 0.898 bits per heavy atom. The minimum Gasteiger partial charge on any atom is -0.481 e. The number of nitrogens with one attached hydrogen (secondary N) is 2. The number of carbonyl (C=O) groups is 12. The fraction of sp³-hybridized carbons (Fsp3) is 0.610. The summed E-state index contributed by atoms with van der Waals surface area (Å²) in [6, 6.07) is -1.26. The second kappa shape index (κ2) is 28.8. The molecule has 2 rings (SSSR count). The van der Waals surface area contributed by atoms with E-state index < -0.39 is 18.1 Å². The Bertz CT molecular complexity index is 1580. The number of hydrogen-bond donors (Lipinski definition) is 4. The first kappa shape index (κ1) is 53.5. The molecular weight excluding hydrogens is 770 g/mol. The number of nitrogens with zero attached hydrogens (tertiary/aromatic N) is 2. The summed E-state index contributed by atoms with van der Waals surface area (Å²) in [6.07, 6.45) is 8.64. The third kappa shape index (κ3) is 23.5. The lowest BCUT2D eigenvalue weighted by atomic mass is 9.98. The van der Waals surface area contributed by atoms with Crippen molar-refractivity contribution in [3.05, 3.63) is 24.3 Å². The van der Waals surface area contributed by atoms with Gasteiger partial charge in [0.05, 0.1) is 12.1 Å². The van der Waals surface area contributed by atoms with Gasteiger partial charge in [-0.05, 0) is 59.8 Å². The van der Waals surface area contributed by atoms with E-state index >= 15 is 0 Å². The zero-order valence-corrected chi connectivity index (χ0v) is 35.0. The van der Waals surface area contributed by atoms with Gasteiger partial charge in [0.25, 0.3) is 23.6 Å². The molecule has 0 spiro atoms. The molecule has 0 radical (unpaired) electrons. The topological polar surface area (TPSA) is 282 Å². The number of carboxylic acids is 1. The van der Waals surface area contributed by atoms with Crippen LogP contribution >= 0.6 is 0 Å². The van der Waals surface area contributed by atoms with E-state index in [1.165, 1.54) is 38.2 Å². The SMILES string of the molecule is CC(=O)[C@H](C)CC(=O)[C@H](C)NC(=O)CCCCC(=O)CCCN1C(=O)C=CC1=O.CC(=O)[C@H](C)CC(=O)[C@H](C)NC(=O)CCCCC(=O)O.NCCN1C(=O)C=CC1=O. The maximum atomic E-state index is 12.0. The predicted molar refractivity (Wildman–Crippen MR) is 214 cm³/mol. The molecule has 0 aliphatic carbocycles. The van der Waals surface area contributed by atoms with Crippen molar-refractivity contribution in [2.24, 2.45) is 17.6 Å². The Morgan fingerprint density at radius 1 is 0.559 bits per heavy atom. The minimum absolute atomic E-state index is 0.0271. The van der Waals surface area contributed by atoms with Crippen LogP contribution in [0.25, 0.3) is 0 Å².